The van der Waals surface area contributed by atoms with E-state index in [0.717, 1.165) is 48.0 Å². The van der Waals surface area contributed by atoms with Crippen molar-refractivity contribution in [3.05, 3.63) is 12.7 Å². The average Bonchev–Trinajstić information content (AvgIpc) is 3.23. The van der Waals surface area contributed by atoms with Crippen LogP contribution in [0.15, 0.2) is 12.7 Å². The predicted molar refractivity (Wildman–Crippen MR) is 119 cm³/mol. The zero-order valence-electron chi connectivity index (χ0n) is 18.6. The van der Waals surface area contributed by atoms with Crippen molar-refractivity contribution in [2.45, 2.75) is 109 Å². The fraction of sp³-hybridized carbons (Fsp3) is 0.926. The highest BCUT2D eigenvalue weighted by atomic mass is 16.5. The summed E-state index contributed by atoms with van der Waals surface area (Å²) in [7, 11) is 0. The Bertz CT molecular complexity index is 461. The summed E-state index contributed by atoms with van der Waals surface area (Å²) in [6, 6.07) is 0. The molecular weight excluding hydrogens is 340 g/mol. The molecule has 2 atom stereocenters. The van der Waals surface area contributed by atoms with Gasteiger partial charge in [0.1, 0.15) is 0 Å². The Balaban J connectivity index is 1.16. The molecule has 28 heavy (non-hydrogen) atoms. The molecule has 4 aliphatic carbocycles. The van der Waals surface area contributed by atoms with Crippen molar-refractivity contribution in [1.29, 1.82) is 0 Å². The van der Waals surface area contributed by atoms with Crippen molar-refractivity contribution < 1.29 is 4.74 Å². The highest BCUT2D eigenvalue weighted by molar-refractivity contribution is 4.90. The number of hydrogen-bond acceptors (Lipinski definition) is 1. The molecule has 0 N–H and O–H groups in total. The topological polar surface area (TPSA) is 9.23 Å². The number of ether oxygens (including phenoxy) is 1. The standard InChI is InChI=1S/C27H46O/c1-3-20-5-7-21(8-6-20)22-9-11-23(12-10-22)24-13-15-25(16-14-24)26-17-18-27(19-26)28-4-2/h3,20-27H,1,4-19H2,2H3. The fourth-order valence-corrected chi connectivity index (χ4v) is 7.82. The first-order chi connectivity index (χ1) is 13.8. The number of allylic oxidation sites excluding steroid dienone is 1. The Morgan fingerprint density at radius 2 is 1.00 bits per heavy atom. The van der Waals surface area contributed by atoms with Crippen LogP contribution in [0.3, 0.4) is 0 Å². The van der Waals surface area contributed by atoms with Gasteiger partial charge >= 0.3 is 0 Å². The Kier molecular flexibility index (Phi) is 7.59. The molecule has 4 fully saturated rings. The van der Waals surface area contributed by atoms with E-state index >= 15 is 0 Å². The van der Waals surface area contributed by atoms with Crippen molar-refractivity contribution in [3.8, 4) is 0 Å². The zero-order chi connectivity index (χ0) is 19.3. The summed E-state index contributed by atoms with van der Waals surface area (Å²) < 4.78 is 5.91. The molecule has 0 aromatic rings. The van der Waals surface area contributed by atoms with Crippen molar-refractivity contribution in [1.82, 2.24) is 0 Å². The lowest BCUT2D eigenvalue weighted by atomic mass is 9.64. The molecule has 1 nitrogen and oxygen atoms in total. The van der Waals surface area contributed by atoms with Crippen LogP contribution in [0.4, 0.5) is 0 Å². The molecule has 4 rings (SSSR count). The summed E-state index contributed by atoms with van der Waals surface area (Å²) >= 11 is 0. The molecule has 160 valence electrons. The lowest BCUT2D eigenvalue weighted by Gasteiger charge is -2.42. The van der Waals surface area contributed by atoms with E-state index in [4.69, 9.17) is 4.74 Å². The van der Waals surface area contributed by atoms with E-state index in [1.807, 2.05) is 0 Å². The molecular formula is C27H46O. The summed E-state index contributed by atoms with van der Waals surface area (Å²) in [4.78, 5) is 0. The Morgan fingerprint density at radius 3 is 1.43 bits per heavy atom. The first-order valence-corrected chi connectivity index (χ1v) is 13.0. The van der Waals surface area contributed by atoms with Crippen LogP contribution in [0.25, 0.3) is 0 Å². The van der Waals surface area contributed by atoms with Gasteiger partial charge in [-0.15, -0.1) is 6.58 Å². The van der Waals surface area contributed by atoms with Crippen LogP contribution in [-0.4, -0.2) is 12.7 Å². The second-order valence-corrected chi connectivity index (χ2v) is 10.9. The Hall–Kier alpha value is -0.300. The molecule has 0 aliphatic heterocycles. The van der Waals surface area contributed by atoms with Crippen molar-refractivity contribution >= 4 is 0 Å². The second kappa shape index (κ2) is 10.1. The summed E-state index contributed by atoms with van der Waals surface area (Å²) in [5.74, 6) is 7.09. The van der Waals surface area contributed by atoms with E-state index < -0.39 is 0 Å². The van der Waals surface area contributed by atoms with Gasteiger partial charge in [0.15, 0.2) is 0 Å². The molecule has 1 heteroatoms. The maximum atomic E-state index is 5.91. The molecule has 4 aliphatic rings. The minimum Gasteiger partial charge on any atom is -0.378 e. The van der Waals surface area contributed by atoms with Crippen LogP contribution in [0.5, 0.6) is 0 Å². The van der Waals surface area contributed by atoms with Gasteiger partial charge in [-0.25, -0.2) is 0 Å². The predicted octanol–water partition coefficient (Wildman–Crippen LogP) is 7.80. The van der Waals surface area contributed by atoms with Crippen LogP contribution >= 0.6 is 0 Å². The van der Waals surface area contributed by atoms with Gasteiger partial charge in [-0.1, -0.05) is 6.08 Å². The largest absolute Gasteiger partial charge is 0.378 e. The van der Waals surface area contributed by atoms with Crippen LogP contribution in [0.1, 0.15) is 103 Å². The monoisotopic (exact) mass is 386 g/mol. The summed E-state index contributed by atoms with van der Waals surface area (Å²) in [5, 5.41) is 0. The van der Waals surface area contributed by atoms with Gasteiger partial charge in [0.25, 0.3) is 0 Å². The number of hydrogen-bond donors (Lipinski definition) is 0. The van der Waals surface area contributed by atoms with Crippen LogP contribution < -0.4 is 0 Å². The third-order valence-electron chi connectivity index (χ3n) is 9.61. The van der Waals surface area contributed by atoms with Crippen molar-refractivity contribution in [3.63, 3.8) is 0 Å². The maximum absolute atomic E-state index is 5.91. The molecule has 0 radical (unpaired) electrons. The summed E-state index contributed by atoms with van der Waals surface area (Å²) in [6.45, 7) is 7.08. The molecule has 0 bridgehead atoms. The minimum atomic E-state index is 0.588. The molecule has 0 saturated heterocycles. The van der Waals surface area contributed by atoms with Gasteiger partial charge in [0, 0.05) is 6.61 Å². The molecule has 0 spiro atoms. The molecule has 0 aromatic carbocycles. The van der Waals surface area contributed by atoms with E-state index in [0.29, 0.717) is 6.10 Å². The van der Waals surface area contributed by atoms with Crippen LogP contribution in [-0.2, 0) is 4.74 Å². The van der Waals surface area contributed by atoms with E-state index in [1.165, 1.54) is 57.8 Å². The van der Waals surface area contributed by atoms with Gasteiger partial charge < -0.3 is 4.74 Å². The lowest BCUT2D eigenvalue weighted by molar-refractivity contribution is 0.0583. The minimum absolute atomic E-state index is 0.588. The van der Waals surface area contributed by atoms with Crippen LogP contribution in [0.2, 0.25) is 0 Å². The van der Waals surface area contributed by atoms with Gasteiger partial charge in [-0.2, -0.15) is 0 Å². The highest BCUT2D eigenvalue weighted by Crippen LogP contribution is 2.48. The molecule has 0 heterocycles. The van der Waals surface area contributed by atoms with Crippen molar-refractivity contribution in [2.24, 2.45) is 41.4 Å². The van der Waals surface area contributed by atoms with E-state index in [-0.39, 0.29) is 0 Å². The zero-order valence-corrected chi connectivity index (χ0v) is 18.6. The third kappa shape index (κ3) is 5.05. The van der Waals surface area contributed by atoms with E-state index in [1.54, 1.807) is 38.5 Å². The SMILES string of the molecule is C=CC1CCC(C2CCC(C3CCC(C4CCC(OCC)C4)CC3)CC2)CC1. The first-order valence-electron chi connectivity index (χ1n) is 13.0. The first kappa shape index (κ1) is 21.0. The lowest BCUT2D eigenvalue weighted by Crippen LogP contribution is -2.30. The molecule has 0 aromatic heterocycles. The van der Waals surface area contributed by atoms with Crippen LogP contribution in [0, 0.1) is 41.4 Å². The molecule has 4 saturated carbocycles. The van der Waals surface area contributed by atoms with E-state index in [9.17, 15) is 0 Å². The molecule has 0 amide bonds. The van der Waals surface area contributed by atoms with Gasteiger partial charge in [-0.05, 0) is 145 Å². The highest BCUT2D eigenvalue weighted by Gasteiger charge is 2.37. The Morgan fingerprint density at radius 1 is 0.607 bits per heavy atom. The molecule has 2 unspecified atom stereocenters. The average molecular weight is 387 g/mol. The summed E-state index contributed by atoms with van der Waals surface area (Å²) in [6.07, 6.45) is 25.1. The van der Waals surface area contributed by atoms with Gasteiger partial charge in [0.2, 0.25) is 0 Å². The van der Waals surface area contributed by atoms with Gasteiger partial charge in [-0.3, -0.25) is 0 Å². The normalized spacial score (nSPS) is 45.0. The third-order valence-corrected chi connectivity index (χ3v) is 9.61. The quantitative estimate of drug-likeness (QED) is 0.423. The summed E-state index contributed by atoms with van der Waals surface area (Å²) in [5.41, 5.74) is 0. The maximum Gasteiger partial charge on any atom is 0.0577 e. The van der Waals surface area contributed by atoms with Gasteiger partial charge in [0.05, 0.1) is 6.10 Å². The van der Waals surface area contributed by atoms with Crippen molar-refractivity contribution in [2.75, 3.05) is 6.61 Å². The Labute approximate surface area is 175 Å². The number of rotatable bonds is 6. The smallest absolute Gasteiger partial charge is 0.0577 e. The second-order valence-electron chi connectivity index (χ2n) is 10.9. The fourth-order valence-electron chi connectivity index (χ4n) is 7.82. The van der Waals surface area contributed by atoms with E-state index in [2.05, 4.69) is 19.6 Å².